The van der Waals surface area contributed by atoms with Gasteiger partial charge in [-0.25, -0.2) is 0 Å². The Morgan fingerprint density at radius 2 is 1.74 bits per heavy atom. The molecule has 214 valence electrons. The highest BCUT2D eigenvalue weighted by atomic mass is 16.5. The van der Waals surface area contributed by atoms with Crippen LogP contribution in [0.25, 0.3) is 33.2 Å². The number of carbonyl (C=O) groups is 1. The number of nitrogens with one attached hydrogen (secondary N) is 1. The van der Waals surface area contributed by atoms with Crippen LogP contribution in [0.1, 0.15) is 42.7 Å². The van der Waals surface area contributed by atoms with Crippen LogP contribution in [0.3, 0.4) is 0 Å². The highest BCUT2D eigenvalue weighted by Crippen LogP contribution is 2.43. The van der Waals surface area contributed by atoms with Crippen molar-refractivity contribution in [2.45, 2.75) is 31.6 Å². The first-order chi connectivity index (χ1) is 20.3. The molecular formula is C33H30N2O7. The SMILES string of the molecule is COc1ccc2[nH]c(=O)c([C@H](CC(=O)N3CCCCC3)c3c(O)cc(O)c4c(=O)cc(-c5ccccc5)oc34)cc2c1. The van der Waals surface area contributed by atoms with Crippen molar-refractivity contribution in [3.05, 3.63) is 98.4 Å². The molecule has 42 heavy (non-hydrogen) atoms. The number of methoxy groups -OCH3 is 1. The fourth-order valence-electron chi connectivity index (χ4n) is 5.80. The monoisotopic (exact) mass is 566 g/mol. The van der Waals surface area contributed by atoms with Gasteiger partial charge in [0.25, 0.3) is 5.56 Å². The fraction of sp³-hybridized carbons (Fsp3) is 0.242. The summed E-state index contributed by atoms with van der Waals surface area (Å²) in [5.41, 5.74) is 0.413. The molecule has 0 bridgehead atoms. The second-order valence-electron chi connectivity index (χ2n) is 10.6. The van der Waals surface area contributed by atoms with Crippen LogP contribution in [0.2, 0.25) is 0 Å². The number of pyridine rings is 1. The molecule has 0 saturated carbocycles. The number of rotatable bonds is 6. The summed E-state index contributed by atoms with van der Waals surface area (Å²) >= 11 is 0. The van der Waals surface area contributed by atoms with Crippen molar-refractivity contribution in [2.24, 2.45) is 0 Å². The van der Waals surface area contributed by atoms with Gasteiger partial charge in [-0.2, -0.15) is 0 Å². The Morgan fingerprint density at radius 1 is 0.976 bits per heavy atom. The number of hydrogen-bond acceptors (Lipinski definition) is 7. The average Bonchev–Trinajstić information content (AvgIpc) is 3.00. The van der Waals surface area contributed by atoms with Crippen LogP contribution < -0.4 is 15.7 Å². The number of piperidine rings is 1. The van der Waals surface area contributed by atoms with Crippen LogP contribution in [0.5, 0.6) is 17.2 Å². The summed E-state index contributed by atoms with van der Waals surface area (Å²) in [5, 5.41) is 22.6. The summed E-state index contributed by atoms with van der Waals surface area (Å²) in [7, 11) is 1.54. The summed E-state index contributed by atoms with van der Waals surface area (Å²) in [6, 6.07) is 18.2. The van der Waals surface area contributed by atoms with Gasteiger partial charge in [0, 0.05) is 65.2 Å². The van der Waals surface area contributed by atoms with E-state index in [1.54, 1.807) is 60.5 Å². The molecule has 5 aromatic rings. The molecule has 9 nitrogen and oxygen atoms in total. The van der Waals surface area contributed by atoms with E-state index in [9.17, 15) is 24.6 Å². The van der Waals surface area contributed by atoms with Gasteiger partial charge in [0.05, 0.1) is 7.11 Å². The first kappa shape index (κ1) is 27.1. The Balaban J connectivity index is 1.62. The van der Waals surface area contributed by atoms with Gasteiger partial charge in [0.1, 0.15) is 34.0 Å². The molecule has 1 amide bonds. The van der Waals surface area contributed by atoms with E-state index in [0.717, 1.165) is 25.3 Å². The summed E-state index contributed by atoms with van der Waals surface area (Å²) in [6.07, 6.45) is 2.65. The van der Waals surface area contributed by atoms with E-state index in [2.05, 4.69) is 4.98 Å². The number of nitrogens with zero attached hydrogens (tertiary/aromatic N) is 1. The quantitative estimate of drug-likeness (QED) is 0.255. The van der Waals surface area contributed by atoms with E-state index in [4.69, 9.17) is 9.15 Å². The number of amides is 1. The minimum absolute atomic E-state index is 0.0794. The van der Waals surface area contributed by atoms with Gasteiger partial charge in [-0.05, 0) is 43.5 Å². The molecule has 0 unspecified atom stereocenters. The molecule has 0 aliphatic carbocycles. The van der Waals surface area contributed by atoms with Crippen molar-refractivity contribution < 1.29 is 24.2 Å². The van der Waals surface area contributed by atoms with Crippen molar-refractivity contribution >= 4 is 27.8 Å². The summed E-state index contributed by atoms with van der Waals surface area (Å²) in [4.78, 5) is 45.2. The Hall–Kier alpha value is -5.05. The number of aromatic nitrogens is 1. The van der Waals surface area contributed by atoms with Gasteiger partial charge in [0.15, 0.2) is 5.43 Å². The van der Waals surface area contributed by atoms with Crippen molar-refractivity contribution in [2.75, 3.05) is 20.2 Å². The third-order valence-electron chi connectivity index (χ3n) is 7.95. The second kappa shape index (κ2) is 11.1. The van der Waals surface area contributed by atoms with Crippen molar-refractivity contribution in [1.82, 2.24) is 9.88 Å². The standard InChI is InChI=1S/C33H30N2O7/c1-41-21-10-11-24-20(14-21)15-23(33(40)34-24)22(16-29(39)35-12-6-3-7-13-35)30-25(36)17-26(37)31-27(38)18-28(42-32(30)31)19-8-4-2-5-9-19/h2,4-5,8-11,14-15,17-18,22,36-37H,3,6-7,12-13,16H2,1H3,(H,34,40)/t22-/m0/s1. The van der Waals surface area contributed by atoms with E-state index >= 15 is 0 Å². The predicted molar refractivity (Wildman–Crippen MR) is 159 cm³/mol. The van der Waals surface area contributed by atoms with E-state index in [1.807, 2.05) is 6.07 Å². The van der Waals surface area contributed by atoms with E-state index < -0.39 is 28.4 Å². The van der Waals surface area contributed by atoms with Crippen LogP contribution in [0, 0.1) is 0 Å². The number of likely N-dealkylation sites (tertiary alicyclic amines) is 1. The molecule has 9 heteroatoms. The van der Waals surface area contributed by atoms with Crippen LogP contribution >= 0.6 is 0 Å². The molecule has 2 aromatic heterocycles. The van der Waals surface area contributed by atoms with Crippen LogP contribution in [0.15, 0.2) is 80.7 Å². The highest BCUT2D eigenvalue weighted by Gasteiger charge is 2.31. The number of hydrogen-bond donors (Lipinski definition) is 3. The van der Waals surface area contributed by atoms with Gasteiger partial charge >= 0.3 is 0 Å². The number of aromatic hydroxyl groups is 2. The zero-order chi connectivity index (χ0) is 29.4. The van der Waals surface area contributed by atoms with Crippen molar-refractivity contribution in [1.29, 1.82) is 0 Å². The number of fused-ring (bicyclic) bond motifs is 2. The summed E-state index contributed by atoms with van der Waals surface area (Å²) in [6.45, 7) is 1.21. The largest absolute Gasteiger partial charge is 0.507 e. The normalized spacial score (nSPS) is 14.3. The second-order valence-corrected chi connectivity index (χ2v) is 10.6. The minimum atomic E-state index is -1.00. The van der Waals surface area contributed by atoms with Crippen LogP contribution in [0.4, 0.5) is 0 Å². The molecule has 6 rings (SSSR count). The first-order valence-electron chi connectivity index (χ1n) is 13.9. The Morgan fingerprint density at radius 3 is 2.48 bits per heavy atom. The predicted octanol–water partition coefficient (Wildman–Crippen LogP) is 5.26. The molecule has 3 aromatic carbocycles. The van der Waals surface area contributed by atoms with Gasteiger partial charge in [-0.1, -0.05) is 30.3 Å². The number of phenolic OH excluding ortho intramolecular Hbond substituents is 2. The third-order valence-corrected chi connectivity index (χ3v) is 7.95. The molecule has 0 radical (unpaired) electrons. The van der Waals surface area contributed by atoms with E-state index in [0.29, 0.717) is 35.3 Å². The first-order valence-corrected chi connectivity index (χ1v) is 13.9. The summed E-state index contributed by atoms with van der Waals surface area (Å²) in [5.74, 6) is -1.24. The lowest BCUT2D eigenvalue weighted by Gasteiger charge is -2.29. The lowest BCUT2D eigenvalue weighted by molar-refractivity contribution is -0.132. The molecule has 1 fully saturated rings. The van der Waals surface area contributed by atoms with E-state index in [-0.39, 0.29) is 40.2 Å². The number of benzene rings is 3. The maximum atomic E-state index is 13.7. The molecule has 1 atom stereocenters. The molecular weight excluding hydrogens is 536 g/mol. The van der Waals surface area contributed by atoms with Gasteiger partial charge in [-0.3, -0.25) is 14.4 Å². The number of ether oxygens (including phenoxy) is 1. The number of carbonyl (C=O) groups excluding carboxylic acids is 1. The maximum absolute atomic E-state index is 13.7. The number of phenols is 2. The van der Waals surface area contributed by atoms with Gasteiger partial charge in [0.2, 0.25) is 5.91 Å². The Kier molecular flexibility index (Phi) is 7.16. The molecule has 3 N–H and O–H groups in total. The highest BCUT2D eigenvalue weighted by molar-refractivity contribution is 5.91. The van der Waals surface area contributed by atoms with Gasteiger partial charge < -0.3 is 29.3 Å². The van der Waals surface area contributed by atoms with Crippen molar-refractivity contribution in [3.63, 3.8) is 0 Å². The topological polar surface area (TPSA) is 133 Å². The van der Waals surface area contributed by atoms with Crippen LogP contribution in [-0.4, -0.2) is 46.2 Å². The molecule has 1 aliphatic heterocycles. The molecule has 1 saturated heterocycles. The van der Waals surface area contributed by atoms with Crippen LogP contribution in [-0.2, 0) is 4.79 Å². The Labute approximate surface area is 240 Å². The fourth-order valence-corrected chi connectivity index (χ4v) is 5.80. The average molecular weight is 567 g/mol. The minimum Gasteiger partial charge on any atom is -0.507 e. The summed E-state index contributed by atoms with van der Waals surface area (Å²) < 4.78 is 11.6. The molecule has 1 aliphatic rings. The molecule has 3 heterocycles. The van der Waals surface area contributed by atoms with Gasteiger partial charge in [-0.15, -0.1) is 0 Å². The third kappa shape index (κ3) is 4.98. The maximum Gasteiger partial charge on any atom is 0.252 e. The van der Waals surface area contributed by atoms with E-state index in [1.165, 1.54) is 6.07 Å². The smallest absolute Gasteiger partial charge is 0.252 e. The van der Waals surface area contributed by atoms with Crippen molar-refractivity contribution in [3.8, 4) is 28.6 Å². The zero-order valence-electron chi connectivity index (χ0n) is 23.1. The lowest BCUT2D eigenvalue weighted by Crippen LogP contribution is -2.37. The number of aromatic amines is 1. The molecule has 0 spiro atoms. The zero-order valence-corrected chi connectivity index (χ0v) is 23.1. The Bertz CT molecular complexity index is 1920. The number of H-pyrrole nitrogens is 1. The lowest BCUT2D eigenvalue weighted by atomic mass is 9.85.